The van der Waals surface area contributed by atoms with E-state index in [4.69, 9.17) is 4.74 Å². The van der Waals surface area contributed by atoms with E-state index in [1.54, 1.807) is 0 Å². The van der Waals surface area contributed by atoms with Crippen molar-refractivity contribution in [1.82, 2.24) is 10.3 Å². The van der Waals surface area contributed by atoms with Crippen LogP contribution in [0.4, 0.5) is 0 Å². The number of pyridine rings is 1. The van der Waals surface area contributed by atoms with Crippen molar-refractivity contribution >= 4 is 10.9 Å². The molecule has 0 amide bonds. The summed E-state index contributed by atoms with van der Waals surface area (Å²) in [6, 6.07) is 12.5. The predicted octanol–water partition coefficient (Wildman–Crippen LogP) is 3.14. The quantitative estimate of drug-likeness (QED) is 0.906. The molecule has 0 aliphatic carbocycles. The Bertz CT molecular complexity index is 570. The van der Waals surface area contributed by atoms with E-state index >= 15 is 0 Å². The minimum absolute atomic E-state index is 0.437. The first-order chi connectivity index (χ1) is 9.86. The standard InChI is InChI=1S/C17H22N2O/c1-2-17-14(9-10-20-17)11-18-12-15-8-7-13-5-3-4-6-16(13)19-15/h3-8,14,17-18H,2,9-12H2,1H3. The lowest BCUT2D eigenvalue weighted by atomic mass is 10.00. The van der Waals surface area contributed by atoms with Gasteiger partial charge in [0.25, 0.3) is 0 Å². The third kappa shape index (κ3) is 3.00. The minimum Gasteiger partial charge on any atom is -0.378 e. The number of nitrogens with one attached hydrogen (secondary N) is 1. The number of ether oxygens (including phenoxy) is 1. The molecule has 0 spiro atoms. The van der Waals surface area contributed by atoms with E-state index in [1.165, 1.54) is 11.8 Å². The Balaban J connectivity index is 1.57. The van der Waals surface area contributed by atoms with Gasteiger partial charge in [0.2, 0.25) is 0 Å². The highest BCUT2D eigenvalue weighted by molar-refractivity contribution is 5.78. The van der Waals surface area contributed by atoms with Gasteiger partial charge in [-0.05, 0) is 30.9 Å². The van der Waals surface area contributed by atoms with Crippen molar-refractivity contribution in [2.24, 2.45) is 5.92 Å². The number of aromatic nitrogens is 1. The molecule has 2 atom stereocenters. The second-order valence-electron chi connectivity index (χ2n) is 5.49. The van der Waals surface area contributed by atoms with E-state index in [2.05, 4.69) is 41.5 Å². The highest BCUT2D eigenvalue weighted by atomic mass is 16.5. The van der Waals surface area contributed by atoms with E-state index in [9.17, 15) is 0 Å². The Morgan fingerprint density at radius 1 is 1.25 bits per heavy atom. The fraction of sp³-hybridized carbons (Fsp3) is 0.471. The van der Waals surface area contributed by atoms with Gasteiger partial charge >= 0.3 is 0 Å². The molecule has 2 heterocycles. The molecule has 106 valence electrons. The topological polar surface area (TPSA) is 34.1 Å². The van der Waals surface area contributed by atoms with Gasteiger partial charge in [-0.25, -0.2) is 0 Å². The number of para-hydroxylation sites is 1. The van der Waals surface area contributed by atoms with Crippen LogP contribution in [0.5, 0.6) is 0 Å². The number of nitrogens with zero attached hydrogens (tertiary/aromatic N) is 1. The van der Waals surface area contributed by atoms with Crippen molar-refractivity contribution in [1.29, 1.82) is 0 Å². The van der Waals surface area contributed by atoms with Crippen LogP contribution in [0, 0.1) is 5.92 Å². The van der Waals surface area contributed by atoms with Crippen LogP contribution in [0.15, 0.2) is 36.4 Å². The number of fused-ring (bicyclic) bond motifs is 1. The lowest BCUT2D eigenvalue weighted by molar-refractivity contribution is 0.0872. The van der Waals surface area contributed by atoms with Crippen LogP contribution < -0.4 is 5.32 Å². The van der Waals surface area contributed by atoms with Crippen LogP contribution >= 0.6 is 0 Å². The van der Waals surface area contributed by atoms with Gasteiger partial charge in [0.05, 0.1) is 17.3 Å². The number of benzene rings is 1. The van der Waals surface area contributed by atoms with Crippen LogP contribution in [-0.2, 0) is 11.3 Å². The first-order valence-electron chi connectivity index (χ1n) is 7.54. The van der Waals surface area contributed by atoms with E-state index in [-0.39, 0.29) is 0 Å². The highest BCUT2D eigenvalue weighted by Gasteiger charge is 2.25. The van der Waals surface area contributed by atoms with Crippen LogP contribution in [0.3, 0.4) is 0 Å². The predicted molar refractivity (Wildman–Crippen MR) is 81.6 cm³/mol. The van der Waals surface area contributed by atoms with Crippen LogP contribution in [0.2, 0.25) is 0 Å². The van der Waals surface area contributed by atoms with Gasteiger partial charge in [-0.15, -0.1) is 0 Å². The maximum Gasteiger partial charge on any atom is 0.0705 e. The summed E-state index contributed by atoms with van der Waals surface area (Å²) in [6.45, 7) is 4.97. The zero-order chi connectivity index (χ0) is 13.8. The van der Waals surface area contributed by atoms with E-state index < -0.39 is 0 Å². The minimum atomic E-state index is 0.437. The van der Waals surface area contributed by atoms with E-state index in [0.29, 0.717) is 12.0 Å². The molecule has 0 saturated carbocycles. The third-order valence-corrected chi connectivity index (χ3v) is 4.12. The lowest BCUT2D eigenvalue weighted by Crippen LogP contribution is -2.28. The van der Waals surface area contributed by atoms with Crippen molar-refractivity contribution in [2.75, 3.05) is 13.2 Å². The van der Waals surface area contributed by atoms with E-state index in [1.807, 2.05) is 12.1 Å². The molecule has 3 nitrogen and oxygen atoms in total. The zero-order valence-corrected chi connectivity index (χ0v) is 12.0. The molecule has 1 aliphatic heterocycles. The molecule has 20 heavy (non-hydrogen) atoms. The molecule has 1 aliphatic rings. The van der Waals surface area contributed by atoms with Gasteiger partial charge in [-0.3, -0.25) is 4.98 Å². The molecule has 0 bridgehead atoms. The van der Waals surface area contributed by atoms with Gasteiger partial charge in [0.15, 0.2) is 0 Å². The maximum atomic E-state index is 5.72. The molecule has 1 N–H and O–H groups in total. The zero-order valence-electron chi connectivity index (χ0n) is 12.0. The number of hydrogen-bond acceptors (Lipinski definition) is 3. The summed E-state index contributed by atoms with van der Waals surface area (Å²) in [5.74, 6) is 0.653. The Morgan fingerprint density at radius 2 is 2.15 bits per heavy atom. The van der Waals surface area contributed by atoms with Gasteiger partial charge in [0.1, 0.15) is 0 Å². The molecule has 1 aromatic carbocycles. The Hall–Kier alpha value is -1.45. The molecule has 0 radical (unpaired) electrons. The summed E-state index contributed by atoms with van der Waals surface area (Å²) < 4.78 is 5.72. The smallest absolute Gasteiger partial charge is 0.0705 e. The SMILES string of the molecule is CCC1OCCC1CNCc1ccc2ccccc2n1. The summed E-state index contributed by atoms with van der Waals surface area (Å²) in [7, 11) is 0. The lowest BCUT2D eigenvalue weighted by Gasteiger charge is -2.17. The maximum absolute atomic E-state index is 5.72. The summed E-state index contributed by atoms with van der Waals surface area (Å²) in [5, 5.41) is 4.73. The largest absolute Gasteiger partial charge is 0.378 e. The van der Waals surface area contributed by atoms with Gasteiger partial charge < -0.3 is 10.1 Å². The molecule has 1 aromatic heterocycles. The normalized spacial score (nSPS) is 22.4. The molecule has 1 fully saturated rings. The molecule has 3 heteroatoms. The molecular formula is C17H22N2O. The summed E-state index contributed by atoms with van der Waals surface area (Å²) in [6.07, 6.45) is 2.73. The van der Waals surface area contributed by atoms with E-state index in [0.717, 1.165) is 37.3 Å². The third-order valence-electron chi connectivity index (χ3n) is 4.12. The second kappa shape index (κ2) is 6.33. The Morgan fingerprint density at radius 3 is 3.05 bits per heavy atom. The van der Waals surface area contributed by atoms with Crippen molar-refractivity contribution in [2.45, 2.75) is 32.4 Å². The van der Waals surface area contributed by atoms with Gasteiger partial charge in [-0.1, -0.05) is 31.2 Å². The highest BCUT2D eigenvalue weighted by Crippen LogP contribution is 2.22. The molecule has 2 aromatic rings. The monoisotopic (exact) mass is 270 g/mol. The molecule has 2 unspecified atom stereocenters. The van der Waals surface area contributed by atoms with Crippen LogP contribution in [0.25, 0.3) is 10.9 Å². The summed E-state index contributed by atoms with van der Waals surface area (Å²) in [5.41, 5.74) is 2.18. The second-order valence-corrected chi connectivity index (χ2v) is 5.49. The summed E-state index contributed by atoms with van der Waals surface area (Å²) in [4.78, 5) is 4.68. The molecule has 3 rings (SSSR count). The fourth-order valence-electron chi connectivity index (χ4n) is 2.97. The molecule has 1 saturated heterocycles. The summed E-state index contributed by atoms with van der Waals surface area (Å²) >= 11 is 0. The van der Waals surface area contributed by atoms with Gasteiger partial charge in [-0.2, -0.15) is 0 Å². The van der Waals surface area contributed by atoms with Crippen molar-refractivity contribution in [3.63, 3.8) is 0 Å². The van der Waals surface area contributed by atoms with Crippen LogP contribution in [-0.4, -0.2) is 24.2 Å². The average molecular weight is 270 g/mol. The van der Waals surface area contributed by atoms with Crippen LogP contribution in [0.1, 0.15) is 25.5 Å². The fourth-order valence-corrected chi connectivity index (χ4v) is 2.97. The Kier molecular flexibility index (Phi) is 4.28. The first kappa shape index (κ1) is 13.5. The van der Waals surface area contributed by atoms with Gasteiger partial charge in [0, 0.05) is 25.1 Å². The Labute approximate surface area is 120 Å². The van der Waals surface area contributed by atoms with Crippen molar-refractivity contribution < 1.29 is 4.74 Å². The average Bonchev–Trinajstić information content (AvgIpc) is 2.95. The number of rotatable bonds is 5. The molecular weight excluding hydrogens is 248 g/mol. The van der Waals surface area contributed by atoms with Crippen molar-refractivity contribution in [3.05, 3.63) is 42.1 Å². The van der Waals surface area contributed by atoms with Crippen molar-refractivity contribution in [3.8, 4) is 0 Å². The first-order valence-corrected chi connectivity index (χ1v) is 7.54. The number of hydrogen-bond donors (Lipinski definition) is 1.